The lowest BCUT2D eigenvalue weighted by Gasteiger charge is -2.39. The summed E-state index contributed by atoms with van der Waals surface area (Å²) in [5, 5.41) is 14.4. The van der Waals surface area contributed by atoms with E-state index in [4.69, 9.17) is 11.6 Å². The zero-order chi connectivity index (χ0) is 25.2. The SMILES string of the molecule is CNC1CCN(C[C@H](C(=O)N2CCN(c3ncnc4c3[C@H](C)C[C@H]4O)CC2)c2ccc(Cl)cc2)CC1. The van der Waals surface area contributed by atoms with Gasteiger partial charge in [0.2, 0.25) is 5.91 Å². The number of nitrogens with one attached hydrogen (secondary N) is 1. The maximum atomic E-state index is 13.9. The third-order valence-corrected chi connectivity index (χ3v) is 8.43. The Morgan fingerprint density at radius 2 is 1.81 bits per heavy atom. The molecule has 0 radical (unpaired) electrons. The maximum Gasteiger partial charge on any atom is 0.231 e. The van der Waals surface area contributed by atoms with Crippen LogP contribution < -0.4 is 10.2 Å². The zero-order valence-corrected chi connectivity index (χ0v) is 22.0. The zero-order valence-electron chi connectivity index (χ0n) is 21.2. The minimum absolute atomic E-state index is 0.185. The highest BCUT2D eigenvalue weighted by Crippen LogP contribution is 2.42. The Balaban J connectivity index is 1.28. The van der Waals surface area contributed by atoms with E-state index in [1.807, 2.05) is 36.2 Å². The molecule has 1 aliphatic carbocycles. The molecule has 5 rings (SSSR count). The summed E-state index contributed by atoms with van der Waals surface area (Å²) in [5.41, 5.74) is 2.85. The molecule has 3 heterocycles. The van der Waals surface area contributed by atoms with Crippen molar-refractivity contribution in [3.63, 3.8) is 0 Å². The van der Waals surface area contributed by atoms with Crippen LogP contribution in [0.2, 0.25) is 5.02 Å². The van der Waals surface area contributed by atoms with Crippen LogP contribution in [0.1, 0.15) is 60.9 Å². The van der Waals surface area contributed by atoms with E-state index in [1.54, 1.807) is 6.33 Å². The number of hydrogen-bond acceptors (Lipinski definition) is 7. The second-order valence-electron chi connectivity index (χ2n) is 10.4. The summed E-state index contributed by atoms with van der Waals surface area (Å²) in [6.07, 6.45) is 3.94. The van der Waals surface area contributed by atoms with Crippen molar-refractivity contribution >= 4 is 23.3 Å². The van der Waals surface area contributed by atoms with Crippen LogP contribution in [0.15, 0.2) is 30.6 Å². The van der Waals surface area contributed by atoms with Gasteiger partial charge >= 0.3 is 0 Å². The number of aliphatic hydroxyl groups is 1. The number of likely N-dealkylation sites (tertiary alicyclic amines) is 1. The summed E-state index contributed by atoms with van der Waals surface area (Å²) in [4.78, 5) is 29.5. The number of fused-ring (bicyclic) bond motifs is 1. The summed E-state index contributed by atoms with van der Waals surface area (Å²) >= 11 is 6.16. The molecule has 1 aromatic carbocycles. The molecule has 2 aliphatic heterocycles. The molecule has 1 amide bonds. The number of carbonyl (C=O) groups excluding carboxylic acids is 1. The number of halogens is 1. The third-order valence-electron chi connectivity index (χ3n) is 8.18. The fraction of sp³-hybridized carbons (Fsp3) is 0.593. The number of carbonyl (C=O) groups is 1. The van der Waals surface area contributed by atoms with Crippen LogP contribution >= 0.6 is 11.6 Å². The molecule has 3 atom stereocenters. The van der Waals surface area contributed by atoms with Crippen molar-refractivity contribution in [2.24, 2.45) is 0 Å². The first-order valence-corrected chi connectivity index (χ1v) is 13.5. The highest BCUT2D eigenvalue weighted by molar-refractivity contribution is 6.30. The van der Waals surface area contributed by atoms with Crippen molar-refractivity contribution < 1.29 is 9.90 Å². The first-order valence-electron chi connectivity index (χ1n) is 13.2. The standard InChI is InChI=1S/C27H37ClN6O2/c1-18-15-23(35)25-24(18)26(31-17-30-25)33-11-13-34(14-12-33)27(36)22(19-3-5-20(28)6-4-19)16-32-9-7-21(29-2)8-10-32/h3-6,17-18,21-23,29,35H,7-16H2,1-2H3/t18-,22+,23-/m1/s1. The van der Waals surface area contributed by atoms with E-state index in [2.05, 4.69) is 32.0 Å². The van der Waals surface area contributed by atoms with Crippen LogP contribution in [-0.4, -0.2) is 89.7 Å². The van der Waals surface area contributed by atoms with Gasteiger partial charge in [0.25, 0.3) is 0 Å². The average Bonchev–Trinajstić information content (AvgIpc) is 3.21. The number of piperidine rings is 1. The second-order valence-corrected chi connectivity index (χ2v) is 10.9. The van der Waals surface area contributed by atoms with Crippen molar-refractivity contribution in [2.45, 2.75) is 50.2 Å². The van der Waals surface area contributed by atoms with E-state index in [1.165, 1.54) is 0 Å². The lowest BCUT2D eigenvalue weighted by molar-refractivity contribution is -0.133. The quantitative estimate of drug-likeness (QED) is 0.615. The number of anilines is 1. The number of rotatable bonds is 6. The first-order chi connectivity index (χ1) is 17.4. The molecule has 8 nitrogen and oxygen atoms in total. The Hall–Kier alpha value is -2.26. The van der Waals surface area contributed by atoms with E-state index in [9.17, 15) is 9.90 Å². The topological polar surface area (TPSA) is 84.8 Å². The predicted molar refractivity (Wildman–Crippen MR) is 142 cm³/mol. The summed E-state index contributed by atoms with van der Waals surface area (Å²) in [6, 6.07) is 8.32. The van der Waals surface area contributed by atoms with Crippen LogP contribution in [0.5, 0.6) is 0 Å². The summed E-state index contributed by atoms with van der Waals surface area (Å²) in [6.45, 7) is 7.60. The molecule has 1 aromatic heterocycles. The normalized spacial score (nSPS) is 24.1. The van der Waals surface area contributed by atoms with Crippen molar-refractivity contribution in [1.29, 1.82) is 0 Å². The predicted octanol–water partition coefficient (Wildman–Crippen LogP) is 2.79. The van der Waals surface area contributed by atoms with Gasteiger partial charge in [-0.3, -0.25) is 4.79 Å². The molecule has 0 unspecified atom stereocenters. The monoisotopic (exact) mass is 512 g/mol. The van der Waals surface area contributed by atoms with Gasteiger partial charge in [0.05, 0.1) is 17.7 Å². The van der Waals surface area contributed by atoms with Crippen molar-refractivity contribution in [1.82, 2.24) is 25.1 Å². The molecule has 2 N–H and O–H groups in total. The smallest absolute Gasteiger partial charge is 0.231 e. The van der Waals surface area contributed by atoms with Crippen LogP contribution in [0.4, 0.5) is 5.82 Å². The maximum absolute atomic E-state index is 13.9. The largest absolute Gasteiger partial charge is 0.387 e. The summed E-state index contributed by atoms with van der Waals surface area (Å²) < 4.78 is 0. The highest BCUT2D eigenvalue weighted by Gasteiger charge is 2.35. The van der Waals surface area contributed by atoms with Gasteiger partial charge in [-0.15, -0.1) is 0 Å². The molecular weight excluding hydrogens is 476 g/mol. The molecule has 2 saturated heterocycles. The van der Waals surface area contributed by atoms with Crippen molar-refractivity contribution in [2.75, 3.05) is 57.8 Å². The first kappa shape index (κ1) is 25.4. The Bertz CT molecular complexity index is 1050. The molecule has 2 fully saturated rings. The molecule has 3 aliphatic rings. The average molecular weight is 513 g/mol. The van der Waals surface area contributed by atoms with Gasteiger partial charge < -0.3 is 25.1 Å². The molecular formula is C27H37ClN6O2. The Labute approximate surface area is 218 Å². The molecule has 9 heteroatoms. The van der Waals surface area contributed by atoms with Crippen LogP contribution in [0.25, 0.3) is 0 Å². The Morgan fingerprint density at radius 1 is 1.11 bits per heavy atom. The fourth-order valence-corrected chi connectivity index (χ4v) is 6.12. The van der Waals surface area contributed by atoms with Gasteiger partial charge in [0.1, 0.15) is 12.1 Å². The third kappa shape index (κ3) is 5.23. The number of aromatic nitrogens is 2. The number of aliphatic hydroxyl groups excluding tert-OH is 1. The molecule has 2 aromatic rings. The molecule has 0 saturated carbocycles. The summed E-state index contributed by atoms with van der Waals surface area (Å²) in [5.74, 6) is 1.12. The van der Waals surface area contributed by atoms with E-state index in [-0.39, 0.29) is 17.7 Å². The molecule has 36 heavy (non-hydrogen) atoms. The van der Waals surface area contributed by atoms with Gasteiger partial charge in [-0.2, -0.15) is 0 Å². The molecule has 0 bridgehead atoms. The van der Waals surface area contributed by atoms with E-state index in [0.29, 0.717) is 30.6 Å². The lowest BCUT2D eigenvalue weighted by atomic mass is 9.95. The van der Waals surface area contributed by atoms with Crippen LogP contribution in [-0.2, 0) is 4.79 Å². The Morgan fingerprint density at radius 3 is 2.47 bits per heavy atom. The number of hydrogen-bond donors (Lipinski definition) is 2. The van der Waals surface area contributed by atoms with E-state index in [0.717, 1.165) is 68.2 Å². The van der Waals surface area contributed by atoms with E-state index < -0.39 is 6.10 Å². The molecule has 0 spiro atoms. The lowest BCUT2D eigenvalue weighted by Crippen LogP contribution is -2.52. The Kier molecular flexibility index (Phi) is 7.76. The summed E-state index contributed by atoms with van der Waals surface area (Å²) in [7, 11) is 2.03. The van der Waals surface area contributed by atoms with Crippen molar-refractivity contribution in [3.05, 3.63) is 52.4 Å². The van der Waals surface area contributed by atoms with Gasteiger partial charge in [0.15, 0.2) is 0 Å². The highest BCUT2D eigenvalue weighted by atomic mass is 35.5. The minimum Gasteiger partial charge on any atom is -0.387 e. The van der Waals surface area contributed by atoms with Gasteiger partial charge in [-0.05, 0) is 63.0 Å². The number of benzene rings is 1. The van der Waals surface area contributed by atoms with Gasteiger partial charge in [-0.25, -0.2) is 9.97 Å². The van der Waals surface area contributed by atoms with Gasteiger partial charge in [-0.1, -0.05) is 30.7 Å². The second kappa shape index (κ2) is 11.0. The van der Waals surface area contributed by atoms with Crippen molar-refractivity contribution in [3.8, 4) is 0 Å². The molecule has 194 valence electrons. The fourth-order valence-electron chi connectivity index (χ4n) is 6.00. The van der Waals surface area contributed by atoms with Gasteiger partial charge in [0, 0.05) is 49.4 Å². The number of nitrogens with zero attached hydrogens (tertiary/aromatic N) is 5. The minimum atomic E-state index is -0.516. The number of amides is 1. The number of piperazine rings is 1. The van der Waals surface area contributed by atoms with Crippen LogP contribution in [0, 0.1) is 0 Å². The van der Waals surface area contributed by atoms with E-state index >= 15 is 0 Å². The van der Waals surface area contributed by atoms with Crippen LogP contribution in [0.3, 0.4) is 0 Å².